The number of thioether (sulfide) groups is 1. The molecule has 3 aliphatic rings. The van der Waals surface area contributed by atoms with Crippen LogP contribution in [0.3, 0.4) is 0 Å². The largest absolute Gasteiger partial charge is 0.472 e. The molecule has 0 aromatic rings. The molecule has 2 saturated heterocycles. The molecule has 0 radical (unpaired) electrons. The fourth-order valence-corrected chi connectivity index (χ4v) is 10.9. The smallest absolute Gasteiger partial charge is 0.462 e. The Morgan fingerprint density at radius 3 is 1.94 bits per heavy atom. The summed E-state index contributed by atoms with van der Waals surface area (Å²) in [6.07, 6.45) is -6.12. The number of phosphoric acid groups is 3. The van der Waals surface area contributed by atoms with Crippen molar-refractivity contribution in [2.75, 3.05) is 25.5 Å². The fourth-order valence-electron chi connectivity index (χ4n) is 7.22. The number of urea groups is 1. The monoisotopic (exact) mass is 987 g/mol. The second kappa shape index (κ2) is 27.2. The highest BCUT2D eigenvalue weighted by atomic mass is 32.2. The zero-order valence-corrected chi connectivity index (χ0v) is 38.6. The van der Waals surface area contributed by atoms with Crippen molar-refractivity contribution in [2.24, 2.45) is 0 Å². The third kappa shape index (κ3) is 21.2. The first-order valence-electron chi connectivity index (χ1n) is 21.1. The summed E-state index contributed by atoms with van der Waals surface area (Å²) >= 11 is 1.84. The molecule has 1 aliphatic carbocycles. The van der Waals surface area contributed by atoms with E-state index in [0.29, 0.717) is 37.5 Å². The van der Waals surface area contributed by atoms with Crippen LogP contribution in [0.4, 0.5) is 4.79 Å². The van der Waals surface area contributed by atoms with Crippen molar-refractivity contribution in [1.82, 2.24) is 16.0 Å². The summed E-state index contributed by atoms with van der Waals surface area (Å²) < 4.78 is 64.8. The first-order valence-corrected chi connectivity index (χ1v) is 26.7. The van der Waals surface area contributed by atoms with Gasteiger partial charge in [0.15, 0.2) is 6.10 Å². The number of carbonyl (C=O) groups excluding carboxylic acids is 4. The number of amides is 3. The minimum atomic E-state index is -5.61. The zero-order chi connectivity index (χ0) is 46.8. The molecule has 2 heterocycles. The Hall–Kier alpha value is -1.76. The Morgan fingerprint density at radius 2 is 1.29 bits per heavy atom. The highest BCUT2D eigenvalue weighted by Crippen LogP contribution is 2.51. The molecular weight excluding hydrogens is 923 g/mol. The lowest BCUT2D eigenvalue weighted by Gasteiger charge is -2.44. The molecule has 0 spiro atoms. The van der Waals surface area contributed by atoms with Crippen LogP contribution < -0.4 is 16.0 Å². The molecule has 2 aliphatic heterocycles. The summed E-state index contributed by atoms with van der Waals surface area (Å²) in [5.74, 6) is -0.538. The van der Waals surface area contributed by atoms with E-state index in [1.165, 1.54) is 0 Å². The number of aliphatic hydroxyl groups is 3. The molecule has 0 aromatic carbocycles. The van der Waals surface area contributed by atoms with Gasteiger partial charge in [-0.1, -0.05) is 58.3 Å². The van der Waals surface area contributed by atoms with Crippen molar-refractivity contribution in [3.8, 4) is 0 Å². The molecule has 0 bridgehead atoms. The molecule has 3 amide bonds. The van der Waals surface area contributed by atoms with Crippen LogP contribution in [-0.4, -0.2) is 149 Å². The lowest BCUT2D eigenvalue weighted by atomic mass is 9.85. The van der Waals surface area contributed by atoms with Crippen LogP contribution in [0.25, 0.3) is 0 Å². The third-order valence-corrected chi connectivity index (χ3v) is 13.9. The van der Waals surface area contributed by atoms with Gasteiger partial charge in [0.25, 0.3) is 0 Å². The van der Waals surface area contributed by atoms with Gasteiger partial charge in [0.05, 0.1) is 18.7 Å². The molecular formula is C35H64N3O21P3S. The van der Waals surface area contributed by atoms with E-state index in [9.17, 15) is 72.7 Å². The van der Waals surface area contributed by atoms with Crippen LogP contribution >= 0.6 is 35.2 Å². The number of hydrogen-bond acceptors (Lipinski definition) is 17. The van der Waals surface area contributed by atoms with Crippen LogP contribution in [0.1, 0.15) is 110 Å². The fraction of sp³-hybridized carbons (Fsp3) is 0.886. The minimum Gasteiger partial charge on any atom is -0.462 e. The summed E-state index contributed by atoms with van der Waals surface area (Å²) in [7, 11) is -16.6. The quantitative estimate of drug-likeness (QED) is 0.0203. The van der Waals surface area contributed by atoms with Crippen molar-refractivity contribution >= 4 is 59.1 Å². The number of rotatable bonds is 31. The SMILES string of the molecule is CCCCCCCC(=O)O[C@@H](COC(=O)CCCCCCCNC(=O)CCCC[C@H]1SC[C@@H]2NC(=O)N[C@@H]21)COP(=O)(O)O[C@@H]1[C@@H](O)[C@H](OP(=O)(O)O)[C@@H](OP(=O)(O)O)[C@H](O)[C@@H]1O. The van der Waals surface area contributed by atoms with Gasteiger partial charge in [-0.25, -0.2) is 18.5 Å². The maximum Gasteiger partial charge on any atom is 0.472 e. The van der Waals surface area contributed by atoms with Crippen LogP contribution in [0, 0.1) is 0 Å². The number of aliphatic hydroxyl groups excluding tert-OH is 3. The molecule has 11 N–H and O–H groups in total. The Kier molecular flexibility index (Phi) is 23.9. The second-order valence-electron chi connectivity index (χ2n) is 15.6. The van der Waals surface area contributed by atoms with E-state index in [1.54, 1.807) is 0 Å². The maximum absolute atomic E-state index is 13.0. The molecule has 1 unspecified atom stereocenters. The van der Waals surface area contributed by atoms with Crippen LogP contribution in [-0.2, 0) is 55.6 Å². The van der Waals surface area contributed by atoms with Gasteiger partial charge in [-0.15, -0.1) is 0 Å². The van der Waals surface area contributed by atoms with E-state index >= 15 is 0 Å². The summed E-state index contributed by atoms with van der Waals surface area (Å²) in [5, 5.41) is 40.8. The second-order valence-corrected chi connectivity index (χ2v) is 20.7. The Bertz CT molecular complexity index is 1610. The van der Waals surface area contributed by atoms with E-state index in [4.69, 9.17) is 18.5 Å². The van der Waals surface area contributed by atoms with Gasteiger partial charge in [-0.3, -0.25) is 32.5 Å². The number of fused-ring (bicyclic) bond motifs is 1. The predicted octanol–water partition coefficient (Wildman–Crippen LogP) is 1.54. The number of hydrogen-bond donors (Lipinski definition) is 11. The molecule has 11 atom stereocenters. The van der Waals surface area contributed by atoms with Gasteiger partial charge in [-0.2, -0.15) is 11.8 Å². The average Bonchev–Trinajstić information content (AvgIpc) is 3.75. The number of phosphoric ester groups is 3. The van der Waals surface area contributed by atoms with Gasteiger partial charge < -0.3 is 65.2 Å². The van der Waals surface area contributed by atoms with Gasteiger partial charge in [0, 0.05) is 36.8 Å². The molecule has 28 heteroatoms. The Balaban J connectivity index is 1.41. The normalized spacial score (nSPS) is 27.4. The minimum absolute atomic E-state index is 0.00863. The topological polar surface area (TPSA) is 373 Å². The van der Waals surface area contributed by atoms with E-state index in [-0.39, 0.29) is 36.9 Å². The molecule has 24 nitrogen and oxygen atoms in total. The van der Waals surface area contributed by atoms with E-state index in [0.717, 1.165) is 70.0 Å². The lowest BCUT2D eigenvalue weighted by molar-refractivity contribution is -0.213. The molecule has 3 fully saturated rings. The standard InChI is InChI=1S/C35H64N3O21P3S/c1-2-3-4-6-10-17-27(41)56-22(20-55-62(52,53)59-32-29(42)30(43)33(57-60(46,47)48)34(31(32)44)58-61(49,50)51)19-54-26(40)16-9-7-5-8-13-18-36-25(39)15-12-11-14-24-28-23(21-63-24)37-35(45)38-28/h22-24,28-34,42-44H,2-21H2,1H3,(H,36,39)(H,52,53)(H2,37,38,45)(H2,46,47,48)(H2,49,50,51)/t22-,23-,24+,28-,29-,30+,31+,32-,33-,34-/m0/s1. The maximum atomic E-state index is 13.0. The molecule has 366 valence electrons. The van der Waals surface area contributed by atoms with Crippen molar-refractivity contribution < 1.29 is 100 Å². The molecule has 63 heavy (non-hydrogen) atoms. The first-order chi connectivity index (χ1) is 29.6. The number of esters is 2. The Labute approximate surface area is 369 Å². The van der Waals surface area contributed by atoms with Crippen molar-refractivity contribution in [1.29, 1.82) is 0 Å². The molecule has 3 rings (SSSR count). The predicted molar refractivity (Wildman–Crippen MR) is 221 cm³/mol. The highest BCUT2D eigenvalue weighted by Gasteiger charge is 2.56. The highest BCUT2D eigenvalue weighted by molar-refractivity contribution is 8.00. The molecule has 0 aromatic heterocycles. The molecule has 1 saturated carbocycles. The van der Waals surface area contributed by atoms with Crippen LogP contribution in [0.15, 0.2) is 0 Å². The summed E-state index contributed by atoms with van der Waals surface area (Å²) in [4.78, 5) is 96.3. The van der Waals surface area contributed by atoms with E-state index in [2.05, 4.69) is 25.0 Å². The third-order valence-electron chi connectivity index (χ3n) is 10.4. The van der Waals surface area contributed by atoms with Gasteiger partial charge >= 0.3 is 41.4 Å². The number of unbranched alkanes of at least 4 members (excludes halogenated alkanes) is 9. The summed E-state index contributed by atoms with van der Waals surface area (Å²) in [5.41, 5.74) is 0. The van der Waals surface area contributed by atoms with Crippen LogP contribution in [0.5, 0.6) is 0 Å². The van der Waals surface area contributed by atoms with Gasteiger partial charge in [0.1, 0.15) is 43.2 Å². The van der Waals surface area contributed by atoms with Crippen molar-refractivity contribution in [2.45, 2.75) is 170 Å². The lowest BCUT2D eigenvalue weighted by Crippen LogP contribution is -2.65. The van der Waals surface area contributed by atoms with E-state index < -0.39 is 91.3 Å². The summed E-state index contributed by atoms with van der Waals surface area (Å²) in [6, 6.07) is 0.207. The van der Waals surface area contributed by atoms with Gasteiger partial charge in [0.2, 0.25) is 5.91 Å². The van der Waals surface area contributed by atoms with Crippen molar-refractivity contribution in [3.05, 3.63) is 0 Å². The average molecular weight is 988 g/mol. The first kappa shape index (κ1) is 55.6. The number of carbonyl (C=O) groups is 4. The summed E-state index contributed by atoms with van der Waals surface area (Å²) in [6.45, 7) is 0.970. The van der Waals surface area contributed by atoms with Crippen molar-refractivity contribution in [3.63, 3.8) is 0 Å². The van der Waals surface area contributed by atoms with E-state index in [1.807, 2.05) is 18.7 Å². The number of nitrogens with one attached hydrogen (secondary N) is 3. The zero-order valence-electron chi connectivity index (χ0n) is 35.1. The van der Waals surface area contributed by atoms with Gasteiger partial charge in [-0.05, 0) is 32.1 Å². The van der Waals surface area contributed by atoms with Crippen LogP contribution in [0.2, 0.25) is 0 Å². The number of ether oxygens (including phenoxy) is 2. The Morgan fingerprint density at radius 1 is 0.714 bits per heavy atom.